The molecule has 1 aromatic heterocycles. The Labute approximate surface area is 192 Å². The van der Waals surface area contributed by atoms with Crippen molar-refractivity contribution in [2.75, 3.05) is 27.2 Å². The third kappa shape index (κ3) is 6.54. The minimum atomic E-state index is -0.311. The molecular weight excluding hydrogens is 502 g/mol. The van der Waals surface area contributed by atoms with Gasteiger partial charge in [-0.1, -0.05) is 6.07 Å². The minimum Gasteiger partial charge on any atom is -0.469 e. The van der Waals surface area contributed by atoms with Crippen LogP contribution < -0.4 is 10.1 Å². The average molecular weight is 528 g/mol. The first-order valence-electron chi connectivity index (χ1n) is 9.51. The van der Waals surface area contributed by atoms with Gasteiger partial charge in [-0.25, -0.2) is 9.37 Å². The molecule has 1 aliphatic rings. The van der Waals surface area contributed by atoms with E-state index in [-0.39, 0.29) is 41.7 Å². The Bertz CT molecular complexity index is 838. The van der Waals surface area contributed by atoms with Crippen molar-refractivity contribution in [1.29, 1.82) is 0 Å². The molecule has 0 bridgehead atoms. The molecule has 1 aliphatic heterocycles. The van der Waals surface area contributed by atoms with E-state index < -0.39 is 0 Å². The number of ether oxygens (including phenoxy) is 2. The molecule has 0 radical (unpaired) electrons. The van der Waals surface area contributed by atoms with E-state index in [0.717, 1.165) is 37.5 Å². The number of carbonyl (C=O) groups excluding carboxylic acids is 1. The summed E-state index contributed by atoms with van der Waals surface area (Å²) in [5.41, 5.74) is 0.974. The van der Waals surface area contributed by atoms with Crippen molar-refractivity contribution in [3.8, 4) is 11.6 Å². The number of rotatable bonds is 5. The van der Waals surface area contributed by atoms with Gasteiger partial charge in [0.05, 0.1) is 13.0 Å². The summed E-state index contributed by atoms with van der Waals surface area (Å²) in [6.07, 6.45) is 3.23. The number of nitrogens with zero attached hydrogens (tertiary/aromatic N) is 3. The number of piperidine rings is 1. The lowest BCUT2D eigenvalue weighted by atomic mass is 9.97. The van der Waals surface area contributed by atoms with Crippen LogP contribution in [0.25, 0.3) is 0 Å². The highest BCUT2D eigenvalue weighted by atomic mass is 127. The van der Waals surface area contributed by atoms with Crippen molar-refractivity contribution in [2.45, 2.75) is 19.4 Å². The van der Waals surface area contributed by atoms with Crippen molar-refractivity contribution in [2.24, 2.45) is 10.9 Å². The highest BCUT2D eigenvalue weighted by Gasteiger charge is 2.26. The lowest BCUT2D eigenvalue weighted by molar-refractivity contribution is -0.146. The van der Waals surface area contributed by atoms with Gasteiger partial charge in [-0.05, 0) is 42.7 Å². The number of likely N-dealkylation sites (tertiary alicyclic amines) is 1. The van der Waals surface area contributed by atoms with Crippen LogP contribution in [0, 0.1) is 11.7 Å². The van der Waals surface area contributed by atoms with Crippen molar-refractivity contribution < 1.29 is 18.7 Å². The number of halogens is 2. The molecule has 30 heavy (non-hydrogen) atoms. The van der Waals surface area contributed by atoms with Gasteiger partial charge in [0, 0.05) is 38.9 Å². The van der Waals surface area contributed by atoms with Crippen molar-refractivity contribution in [3.05, 3.63) is 54.0 Å². The fraction of sp³-hybridized carbons (Fsp3) is 0.381. The van der Waals surface area contributed by atoms with Gasteiger partial charge in [0.15, 0.2) is 5.96 Å². The van der Waals surface area contributed by atoms with E-state index >= 15 is 0 Å². The molecule has 0 amide bonds. The first-order chi connectivity index (χ1) is 14.1. The molecule has 0 spiro atoms. The number of pyridine rings is 1. The number of benzene rings is 1. The SMILES string of the molecule is CN=C(NCc1ccc(Oc2ccc(F)cc2)nc1)N1CCC(C(=O)OC)CC1.I. The Morgan fingerprint density at radius 1 is 1.23 bits per heavy atom. The zero-order valence-electron chi connectivity index (χ0n) is 17.0. The van der Waals surface area contributed by atoms with Gasteiger partial charge in [-0.15, -0.1) is 24.0 Å². The molecule has 0 saturated carbocycles. The van der Waals surface area contributed by atoms with Crippen LogP contribution >= 0.6 is 24.0 Å². The Morgan fingerprint density at radius 2 is 1.93 bits per heavy atom. The number of methoxy groups -OCH3 is 1. The maximum absolute atomic E-state index is 13.0. The second-order valence-electron chi connectivity index (χ2n) is 6.75. The summed E-state index contributed by atoms with van der Waals surface area (Å²) in [7, 11) is 3.17. The maximum atomic E-state index is 13.0. The fourth-order valence-electron chi connectivity index (χ4n) is 3.21. The van der Waals surface area contributed by atoms with E-state index in [2.05, 4.69) is 20.2 Å². The van der Waals surface area contributed by atoms with E-state index in [9.17, 15) is 9.18 Å². The third-order valence-electron chi connectivity index (χ3n) is 4.83. The van der Waals surface area contributed by atoms with E-state index in [0.29, 0.717) is 18.2 Å². The molecule has 1 fully saturated rings. The summed E-state index contributed by atoms with van der Waals surface area (Å²) in [5.74, 6) is 1.28. The summed E-state index contributed by atoms with van der Waals surface area (Å²) >= 11 is 0. The quantitative estimate of drug-likeness (QED) is 0.277. The Kier molecular flexibility index (Phi) is 9.28. The standard InChI is InChI=1S/C21H25FN4O3.HI/c1-23-21(26-11-9-16(10-12-26)20(27)28-2)25-14-15-3-8-19(24-13-15)29-18-6-4-17(22)5-7-18;/h3-8,13,16H,9-12,14H2,1-2H3,(H,23,25);1H. The van der Waals surface area contributed by atoms with Gasteiger partial charge < -0.3 is 19.7 Å². The number of esters is 1. The Hall–Kier alpha value is -2.43. The second-order valence-corrected chi connectivity index (χ2v) is 6.75. The monoisotopic (exact) mass is 528 g/mol. The molecule has 3 rings (SSSR count). The molecular formula is C21H26FIN4O3. The first-order valence-corrected chi connectivity index (χ1v) is 9.51. The fourth-order valence-corrected chi connectivity index (χ4v) is 3.21. The zero-order valence-corrected chi connectivity index (χ0v) is 19.3. The van der Waals surface area contributed by atoms with Crippen molar-refractivity contribution in [3.63, 3.8) is 0 Å². The largest absolute Gasteiger partial charge is 0.469 e. The number of aromatic nitrogens is 1. The normalized spacial score (nSPS) is 14.6. The van der Waals surface area contributed by atoms with Crippen LogP contribution in [-0.4, -0.2) is 49.1 Å². The summed E-state index contributed by atoms with van der Waals surface area (Å²) in [5, 5.41) is 3.33. The molecule has 0 aliphatic carbocycles. The van der Waals surface area contributed by atoms with Crippen LogP contribution in [0.5, 0.6) is 11.6 Å². The minimum absolute atomic E-state index is 0. The highest BCUT2D eigenvalue weighted by molar-refractivity contribution is 14.0. The van der Waals surface area contributed by atoms with Crippen LogP contribution in [-0.2, 0) is 16.1 Å². The predicted octanol–water partition coefficient (Wildman–Crippen LogP) is 3.59. The highest BCUT2D eigenvalue weighted by Crippen LogP contribution is 2.20. The number of hydrogen-bond donors (Lipinski definition) is 1. The van der Waals surface area contributed by atoms with Crippen LogP contribution in [0.3, 0.4) is 0 Å². The smallest absolute Gasteiger partial charge is 0.308 e. The van der Waals surface area contributed by atoms with E-state index in [1.807, 2.05) is 6.07 Å². The molecule has 9 heteroatoms. The zero-order chi connectivity index (χ0) is 20.6. The first kappa shape index (κ1) is 23.8. The number of carbonyl (C=O) groups is 1. The molecule has 0 unspecified atom stereocenters. The molecule has 1 N–H and O–H groups in total. The molecule has 7 nitrogen and oxygen atoms in total. The van der Waals surface area contributed by atoms with Gasteiger partial charge in [0.25, 0.3) is 0 Å². The van der Waals surface area contributed by atoms with Gasteiger partial charge in [0.1, 0.15) is 11.6 Å². The number of aliphatic imine (C=N–C) groups is 1. The van der Waals surface area contributed by atoms with Gasteiger partial charge in [0.2, 0.25) is 5.88 Å². The topological polar surface area (TPSA) is 76.1 Å². The van der Waals surface area contributed by atoms with Gasteiger partial charge >= 0.3 is 5.97 Å². The summed E-state index contributed by atoms with van der Waals surface area (Å²) in [6.45, 7) is 2.07. The van der Waals surface area contributed by atoms with Crippen molar-refractivity contribution >= 4 is 35.9 Å². The second kappa shape index (κ2) is 11.7. The summed E-state index contributed by atoms with van der Waals surface area (Å²) in [6, 6.07) is 9.47. The Morgan fingerprint density at radius 3 is 2.50 bits per heavy atom. The Balaban J connectivity index is 0.00000320. The van der Waals surface area contributed by atoms with E-state index in [1.165, 1.54) is 19.2 Å². The summed E-state index contributed by atoms with van der Waals surface area (Å²) < 4.78 is 23.4. The molecule has 2 heterocycles. The number of guanidine groups is 1. The maximum Gasteiger partial charge on any atom is 0.308 e. The molecule has 1 aromatic carbocycles. The lowest BCUT2D eigenvalue weighted by Crippen LogP contribution is -2.46. The van der Waals surface area contributed by atoms with Gasteiger partial charge in [-0.2, -0.15) is 0 Å². The molecule has 1 saturated heterocycles. The molecule has 2 aromatic rings. The number of nitrogens with one attached hydrogen (secondary N) is 1. The molecule has 0 atom stereocenters. The predicted molar refractivity (Wildman–Crippen MR) is 123 cm³/mol. The lowest BCUT2D eigenvalue weighted by Gasteiger charge is -2.33. The van der Waals surface area contributed by atoms with Crippen molar-refractivity contribution in [1.82, 2.24) is 15.2 Å². The van der Waals surface area contributed by atoms with Crippen LogP contribution in [0.1, 0.15) is 18.4 Å². The third-order valence-corrected chi connectivity index (χ3v) is 4.83. The van der Waals surface area contributed by atoms with Gasteiger partial charge in [-0.3, -0.25) is 9.79 Å². The average Bonchev–Trinajstić information content (AvgIpc) is 2.77. The van der Waals surface area contributed by atoms with Crippen LogP contribution in [0.2, 0.25) is 0 Å². The summed E-state index contributed by atoms with van der Waals surface area (Å²) in [4.78, 5) is 22.4. The van der Waals surface area contributed by atoms with E-state index in [1.54, 1.807) is 31.4 Å². The number of hydrogen-bond acceptors (Lipinski definition) is 5. The van der Waals surface area contributed by atoms with Crippen LogP contribution in [0.4, 0.5) is 4.39 Å². The molecule has 162 valence electrons. The van der Waals surface area contributed by atoms with E-state index in [4.69, 9.17) is 9.47 Å². The van der Waals surface area contributed by atoms with Crippen LogP contribution in [0.15, 0.2) is 47.6 Å².